The van der Waals surface area contributed by atoms with Gasteiger partial charge in [-0.05, 0) is 37.6 Å². The summed E-state index contributed by atoms with van der Waals surface area (Å²) < 4.78 is 5.44. The Labute approximate surface area is 101 Å². The van der Waals surface area contributed by atoms with E-state index in [-0.39, 0.29) is 12.5 Å². The monoisotopic (exact) mass is 234 g/mol. The van der Waals surface area contributed by atoms with Gasteiger partial charge in [0.15, 0.2) is 6.61 Å². The van der Waals surface area contributed by atoms with E-state index in [0.717, 1.165) is 30.7 Å². The lowest BCUT2D eigenvalue weighted by Crippen LogP contribution is -2.30. The molecule has 2 rings (SSSR count). The van der Waals surface area contributed by atoms with Gasteiger partial charge in [-0.1, -0.05) is 12.1 Å². The van der Waals surface area contributed by atoms with Crippen LogP contribution in [0.4, 0.5) is 0 Å². The summed E-state index contributed by atoms with van der Waals surface area (Å²) in [6.45, 7) is 0.894. The first-order valence-corrected chi connectivity index (χ1v) is 5.93. The Balaban J connectivity index is 1.80. The maximum Gasteiger partial charge on any atom is 0.258 e. The van der Waals surface area contributed by atoms with Crippen LogP contribution in [-0.4, -0.2) is 25.6 Å². The van der Waals surface area contributed by atoms with Gasteiger partial charge in [0.1, 0.15) is 5.75 Å². The summed E-state index contributed by atoms with van der Waals surface area (Å²) in [5.74, 6) is 0.704. The second-order valence-corrected chi connectivity index (χ2v) is 4.31. The Morgan fingerprint density at radius 3 is 3.00 bits per heavy atom. The van der Waals surface area contributed by atoms with Crippen LogP contribution in [0, 0.1) is 0 Å². The third kappa shape index (κ3) is 4.07. The van der Waals surface area contributed by atoms with Gasteiger partial charge in [-0.15, -0.1) is 0 Å². The predicted molar refractivity (Wildman–Crippen MR) is 65.9 cm³/mol. The molecule has 0 saturated heterocycles. The molecular formula is C13H18N2O2. The fraction of sp³-hybridized carbons (Fsp3) is 0.462. The molecule has 1 amide bonds. The van der Waals surface area contributed by atoms with Crippen molar-refractivity contribution in [1.82, 2.24) is 10.6 Å². The summed E-state index contributed by atoms with van der Waals surface area (Å²) in [7, 11) is 1.90. The fourth-order valence-corrected chi connectivity index (χ4v) is 1.60. The Bertz CT molecular complexity index is 389. The van der Waals surface area contributed by atoms with E-state index >= 15 is 0 Å². The maximum absolute atomic E-state index is 11.4. The van der Waals surface area contributed by atoms with E-state index in [1.165, 1.54) is 0 Å². The van der Waals surface area contributed by atoms with E-state index in [0.29, 0.717) is 6.04 Å². The molecule has 4 nitrogen and oxygen atoms in total. The Kier molecular flexibility index (Phi) is 3.98. The smallest absolute Gasteiger partial charge is 0.258 e. The highest BCUT2D eigenvalue weighted by molar-refractivity contribution is 5.78. The fourth-order valence-electron chi connectivity index (χ4n) is 1.60. The minimum Gasteiger partial charge on any atom is -0.484 e. The lowest BCUT2D eigenvalue weighted by Gasteiger charge is -2.08. The van der Waals surface area contributed by atoms with Crippen molar-refractivity contribution in [3.8, 4) is 5.75 Å². The molecule has 0 atom stereocenters. The van der Waals surface area contributed by atoms with Crippen LogP contribution in [0.2, 0.25) is 0 Å². The van der Waals surface area contributed by atoms with Crippen LogP contribution < -0.4 is 15.4 Å². The molecule has 1 aromatic rings. The number of amides is 1. The minimum absolute atomic E-state index is 0.0356. The van der Waals surface area contributed by atoms with Gasteiger partial charge in [0.05, 0.1) is 0 Å². The average Bonchev–Trinajstić information content (AvgIpc) is 3.11. The van der Waals surface area contributed by atoms with E-state index in [2.05, 4.69) is 10.6 Å². The summed E-state index contributed by atoms with van der Waals surface area (Å²) in [4.78, 5) is 11.4. The van der Waals surface area contributed by atoms with Gasteiger partial charge < -0.3 is 15.4 Å². The minimum atomic E-state index is -0.0356. The van der Waals surface area contributed by atoms with Crippen molar-refractivity contribution in [3.63, 3.8) is 0 Å². The molecule has 2 N–H and O–H groups in total. The lowest BCUT2D eigenvalue weighted by atomic mass is 10.2. The van der Waals surface area contributed by atoms with Crippen LogP contribution in [0.15, 0.2) is 24.3 Å². The summed E-state index contributed by atoms with van der Waals surface area (Å²) in [6.07, 6.45) is 2.20. The number of carbonyl (C=O) groups excluding carboxylic acids is 1. The lowest BCUT2D eigenvalue weighted by molar-refractivity contribution is -0.123. The molecule has 0 radical (unpaired) electrons. The first-order chi connectivity index (χ1) is 8.28. The number of hydrogen-bond acceptors (Lipinski definition) is 3. The third-order valence-corrected chi connectivity index (χ3v) is 2.59. The second kappa shape index (κ2) is 5.68. The maximum atomic E-state index is 11.4. The quantitative estimate of drug-likeness (QED) is 0.774. The van der Waals surface area contributed by atoms with Gasteiger partial charge in [0, 0.05) is 12.6 Å². The molecule has 0 aliphatic heterocycles. The van der Waals surface area contributed by atoms with Crippen LogP contribution in [0.3, 0.4) is 0 Å². The van der Waals surface area contributed by atoms with Gasteiger partial charge in [-0.25, -0.2) is 0 Å². The zero-order valence-corrected chi connectivity index (χ0v) is 10.0. The number of ether oxygens (including phenoxy) is 1. The largest absolute Gasteiger partial charge is 0.484 e. The number of benzene rings is 1. The molecule has 0 bridgehead atoms. The van der Waals surface area contributed by atoms with E-state index < -0.39 is 0 Å². The molecule has 1 fully saturated rings. The van der Waals surface area contributed by atoms with Crippen molar-refractivity contribution in [2.24, 2.45) is 0 Å². The molecule has 1 aromatic carbocycles. The van der Waals surface area contributed by atoms with Crippen LogP contribution in [0.5, 0.6) is 5.75 Å². The van der Waals surface area contributed by atoms with E-state index in [1.54, 1.807) is 0 Å². The third-order valence-electron chi connectivity index (χ3n) is 2.59. The number of nitrogens with one attached hydrogen (secondary N) is 2. The van der Waals surface area contributed by atoms with Crippen LogP contribution >= 0.6 is 0 Å². The summed E-state index contributed by atoms with van der Waals surface area (Å²) in [5.41, 5.74) is 1.15. The second-order valence-electron chi connectivity index (χ2n) is 4.31. The van der Waals surface area contributed by atoms with Gasteiger partial charge in [0.25, 0.3) is 5.91 Å². The molecule has 0 heterocycles. The molecule has 1 saturated carbocycles. The van der Waals surface area contributed by atoms with E-state index in [9.17, 15) is 4.79 Å². The highest BCUT2D eigenvalue weighted by Gasteiger charge is 2.23. The van der Waals surface area contributed by atoms with Gasteiger partial charge in [-0.2, -0.15) is 0 Å². The molecular weight excluding hydrogens is 216 g/mol. The molecule has 92 valence electrons. The van der Waals surface area contributed by atoms with E-state index in [1.807, 2.05) is 31.3 Å². The van der Waals surface area contributed by atoms with Gasteiger partial charge in [-0.3, -0.25) is 4.79 Å². The standard InChI is InChI=1S/C13H18N2O2/c1-14-8-10-3-2-4-12(7-10)17-9-13(16)15-11-5-6-11/h2-4,7,11,14H,5-6,8-9H2,1H3,(H,15,16). The van der Waals surface area contributed by atoms with Crippen molar-refractivity contribution < 1.29 is 9.53 Å². The van der Waals surface area contributed by atoms with Crippen LogP contribution in [0.25, 0.3) is 0 Å². The molecule has 0 spiro atoms. The molecule has 1 aliphatic rings. The van der Waals surface area contributed by atoms with Gasteiger partial charge in [0.2, 0.25) is 0 Å². The topological polar surface area (TPSA) is 50.4 Å². The summed E-state index contributed by atoms with van der Waals surface area (Å²) in [5, 5.41) is 5.96. The van der Waals surface area contributed by atoms with Crippen molar-refractivity contribution in [2.45, 2.75) is 25.4 Å². The van der Waals surface area contributed by atoms with Crippen molar-refractivity contribution in [2.75, 3.05) is 13.7 Å². The summed E-state index contributed by atoms with van der Waals surface area (Å²) in [6, 6.07) is 8.15. The molecule has 0 unspecified atom stereocenters. The van der Waals surface area contributed by atoms with Crippen molar-refractivity contribution in [3.05, 3.63) is 29.8 Å². The molecule has 4 heteroatoms. The van der Waals surface area contributed by atoms with Crippen LogP contribution in [-0.2, 0) is 11.3 Å². The number of carbonyl (C=O) groups is 1. The number of rotatable bonds is 6. The van der Waals surface area contributed by atoms with Gasteiger partial charge >= 0.3 is 0 Å². The SMILES string of the molecule is CNCc1cccc(OCC(=O)NC2CC2)c1. The zero-order chi connectivity index (χ0) is 12.1. The number of hydrogen-bond donors (Lipinski definition) is 2. The predicted octanol–water partition coefficient (Wildman–Crippen LogP) is 1.06. The van der Waals surface area contributed by atoms with Crippen molar-refractivity contribution >= 4 is 5.91 Å². The molecule has 1 aliphatic carbocycles. The van der Waals surface area contributed by atoms with E-state index in [4.69, 9.17) is 4.74 Å². The Morgan fingerprint density at radius 2 is 2.29 bits per heavy atom. The summed E-state index contributed by atoms with van der Waals surface area (Å²) >= 11 is 0. The first-order valence-electron chi connectivity index (χ1n) is 5.93. The van der Waals surface area contributed by atoms with Crippen LogP contribution in [0.1, 0.15) is 18.4 Å². The first kappa shape index (κ1) is 11.9. The highest BCUT2D eigenvalue weighted by atomic mass is 16.5. The van der Waals surface area contributed by atoms with Crippen molar-refractivity contribution in [1.29, 1.82) is 0 Å². The average molecular weight is 234 g/mol. The zero-order valence-electron chi connectivity index (χ0n) is 10.0. The molecule has 17 heavy (non-hydrogen) atoms. The Hall–Kier alpha value is -1.55. The molecule has 0 aromatic heterocycles. The normalized spacial score (nSPS) is 14.4. The Morgan fingerprint density at radius 1 is 1.47 bits per heavy atom. The highest BCUT2D eigenvalue weighted by Crippen LogP contribution is 2.18.